The van der Waals surface area contributed by atoms with Crippen LogP contribution in [0.25, 0.3) is 0 Å². The molecule has 0 spiro atoms. The maximum absolute atomic E-state index is 12.1. The van der Waals surface area contributed by atoms with E-state index in [4.69, 9.17) is 0 Å². The molecule has 1 aromatic carbocycles. The number of nitrogens with zero attached hydrogens (tertiary/aromatic N) is 1. The molecular formula is C17H23N3O3S. The molecule has 24 heavy (non-hydrogen) atoms. The number of hydrogen-bond acceptors (Lipinski definition) is 4. The number of nitrogens with one attached hydrogen (secondary N) is 2. The molecule has 1 aromatic rings. The predicted molar refractivity (Wildman–Crippen MR) is 95.0 cm³/mol. The first-order valence-corrected chi connectivity index (χ1v) is 9.10. The van der Waals surface area contributed by atoms with Crippen molar-refractivity contribution in [3.63, 3.8) is 0 Å². The van der Waals surface area contributed by atoms with Crippen LogP contribution in [0.1, 0.15) is 26.7 Å². The van der Waals surface area contributed by atoms with Crippen LogP contribution in [-0.4, -0.2) is 42.6 Å². The highest BCUT2D eigenvalue weighted by atomic mass is 32.2. The Morgan fingerprint density at radius 1 is 1.33 bits per heavy atom. The van der Waals surface area contributed by atoms with Gasteiger partial charge in [-0.1, -0.05) is 19.1 Å². The summed E-state index contributed by atoms with van der Waals surface area (Å²) in [5.41, 5.74) is 0.847. The van der Waals surface area contributed by atoms with E-state index in [0.29, 0.717) is 18.8 Å². The van der Waals surface area contributed by atoms with Gasteiger partial charge in [-0.2, -0.15) is 0 Å². The van der Waals surface area contributed by atoms with Crippen LogP contribution in [0.5, 0.6) is 0 Å². The van der Waals surface area contributed by atoms with E-state index in [1.54, 1.807) is 11.8 Å². The van der Waals surface area contributed by atoms with Gasteiger partial charge in [-0.25, -0.2) is 0 Å². The summed E-state index contributed by atoms with van der Waals surface area (Å²) in [7, 11) is 0. The van der Waals surface area contributed by atoms with E-state index >= 15 is 0 Å². The average Bonchev–Trinajstić information content (AvgIpc) is 2.58. The van der Waals surface area contributed by atoms with Crippen LogP contribution >= 0.6 is 11.8 Å². The highest BCUT2D eigenvalue weighted by molar-refractivity contribution is 8.00. The minimum Gasteiger partial charge on any atom is -0.354 e. The molecule has 0 radical (unpaired) electrons. The van der Waals surface area contributed by atoms with Gasteiger partial charge in [0.2, 0.25) is 17.7 Å². The molecule has 0 saturated carbocycles. The summed E-state index contributed by atoms with van der Waals surface area (Å²) in [6.45, 7) is 4.53. The molecular weight excluding hydrogens is 326 g/mol. The molecule has 1 heterocycles. The maximum atomic E-state index is 12.1. The molecule has 1 aliphatic heterocycles. The predicted octanol–water partition coefficient (Wildman–Crippen LogP) is 1.55. The lowest BCUT2D eigenvalue weighted by molar-refractivity contribution is -0.128. The van der Waals surface area contributed by atoms with Crippen LogP contribution in [0.3, 0.4) is 0 Å². The van der Waals surface area contributed by atoms with Crippen LogP contribution in [0, 0.1) is 0 Å². The quantitative estimate of drug-likeness (QED) is 0.783. The third kappa shape index (κ3) is 4.74. The lowest BCUT2D eigenvalue weighted by atomic mass is 10.2. The number of carbonyl (C=O) groups is 3. The summed E-state index contributed by atoms with van der Waals surface area (Å²) in [6, 6.07) is 7.09. The van der Waals surface area contributed by atoms with Gasteiger partial charge < -0.3 is 15.5 Å². The molecule has 1 aliphatic rings. The number of amides is 3. The van der Waals surface area contributed by atoms with E-state index in [1.165, 1.54) is 11.8 Å². The second kappa shape index (κ2) is 8.73. The summed E-state index contributed by atoms with van der Waals surface area (Å²) in [5, 5.41) is 5.41. The average molecular weight is 349 g/mol. The number of anilines is 1. The molecule has 6 nitrogen and oxygen atoms in total. The molecule has 130 valence electrons. The second-order valence-corrected chi connectivity index (χ2v) is 6.65. The van der Waals surface area contributed by atoms with Crippen molar-refractivity contribution in [3.8, 4) is 0 Å². The van der Waals surface area contributed by atoms with Gasteiger partial charge in [0.05, 0.1) is 11.4 Å². The Kier molecular flexibility index (Phi) is 6.66. The summed E-state index contributed by atoms with van der Waals surface area (Å²) < 4.78 is 0. The van der Waals surface area contributed by atoms with Gasteiger partial charge in [-0.3, -0.25) is 14.4 Å². The van der Waals surface area contributed by atoms with Gasteiger partial charge in [0, 0.05) is 24.4 Å². The Bertz CT molecular complexity index is 621. The molecule has 3 amide bonds. The van der Waals surface area contributed by atoms with Gasteiger partial charge in [0.25, 0.3) is 0 Å². The Morgan fingerprint density at radius 2 is 2.08 bits per heavy atom. The van der Waals surface area contributed by atoms with Crippen LogP contribution in [0.15, 0.2) is 29.2 Å². The Morgan fingerprint density at radius 3 is 2.83 bits per heavy atom. The SMILES string of the molecule is CCCNC(=O)[C@@H](C)NC(=O)CCN1C(=O)CSc2ccccc21. The normalized spacial score (nSPS) is 14.8. The molecule has 1 atom stereocenters. The topological polar surface area (TPSA) is 78.5 Å². The zero-order valence-corrected chi connectivity index (χ0v) is 14.8. The lowest BCUT2D eigenvalue weighted by Gasteiger charge is -2.28. The van der Waals surface area contributed by atoms with Crippen molar-refractivity contribution in [2.75, 3.05) is 23.7 Å². The Balaban J connectivity index is 1.88. The zero-order chi connectivity index (χ0) is 17.5. The van der Waals surface area contributed by atoms with Gasteiger partial charge >= 0.3 is 0 Å². The van der Waals surface area contributed by atoms with Crippen LogP contribution < -0.4 is 15.5 Å². The van der Waals surface area contributed by atoms with Gasteiger partial charge in [-0.05, 0) is 25.5 Å². The summed E-state index contributed by atoms with van der Waals surface area (Å²) in [4.78, 5) is 38.6. The number of benzene rings is 1. The third-order valence-electron chi connectivity index (χ3n) is 3.69. The van der Waals surface area contributed by atoms with Crippen molar-refractivity contribution in [2.24, 2.45) is 0 Å². The first-order chi connectivity index (χ1) is 11.5. The Hall–Kier alpha value is -2.02. The fourth-order valence-corrected chi connectivity index (χ4v) is 3.33. The van der Waals surface area contributed by atoms with E-state index in [0.717, 1.165) is 17.0 Å². The van der Waals surface area contributed by atoms with Crippen LogP contribution in [0.2, 0.25) is 0 Å². The third-order valence-corrected chi connectivity index (χ3v) is 4.74. The molecule has 0 saturated heterocycles. The van der Waals surface area contributed by atoms with E-state index in [-0.39, 0.29) is 24.1 Å². The fraction of sp³-hybridized carbons (Fsp3) is 0.471. The van der Waals surface area contributed by atoms with Crippen LogP contribution in [0.4, 0.5) is 5.69 Å². The highest BCUT2D eigenvalue weighted by Gasteiger charge is 2.25. The first-order valence-electron chi connectivity index (χ1n) is 8.12. The van der Waals surface area contributed by atoms with Gasteiger partial charge in [0.15, 0.2) is 0 Å². The number of para-hydroxylation sites is 1. The molecule has 2 N–H and O–H groups in total. The minimum absolute atomic E-state index is 0.000220. The number of rotatable bonds is 7. The van der Waals surface area contributed by atoms with Gasteiger partial charge in [0.1, 0.15) is 6.04 Å². The highest BCUT2D eigenvalue weighted by Crippen LogP contribution is 2.34. The number of thioether (sulfide) groups is 1. The molecule has 0 aliphatic carbocycles. The fourth-order valence-electron chi connectivity index (χ4n) is 2.39. The van der Waals surface area contributed by atoms with E-state index in [1.807, 2.05) is 31.2 Å². The molecule has 0 bridgehead atoms. The van der Waals surface area contributed by atoms with E-state index < -0.39 is 6.04 Å². The van der Waals surface area contributed by atoms with E-state index in [2.05, 4.69) is 10.6 Å². The van der Waals surface area contributed by atoms with Crippen molar-refractivity contribution in [3.05, 3.63) is 24.3 Å². The molecule has 2 rings (SSSR count). The van der Waals surface area contributed by atoms with Gasteiger partial charge in [-0.15, -0.1) is 11.8 Å². The molecule has 7 heteroatoms. The zero-order valence-electron chi connectivity index (χ0n) is 14.0. The molecule has 0 fully saturated rings. The lowest BCUT2D eigenvalue weighted by Crippen LogP contribution is -2.46. The first kappa shape index (κ1) is 18.3. The van der Waals surface area contributed by atoms with Crippen molar-refractivity contribution in [1.29, 1.82) is 0 Å². The van der Waals surface area contributed by atoms with Crippen LogP contribution in [-0.2, 0) is 14.4 Å². The summed E-state index contributed by atoms with van der Waals surface area (Å²) in [5.74, 6) is -0.0482. The van der Waals surface area contributed by atoms with Crippen molar-refractivity contribution >= 4 is 35.2 Å². The molecule has 0 unspecified atom stereocenters. The maximum Gasteiger partial charge on any atom is 0.242 e. The molecule has 0 aromatic heterocycles. The number of hydrogen-bond donors (Lipinski definition) is 2. The minimum atomic E-state index is -0.580. The number of fused-ring (bicyclic) bond motifs is 1. The number of carbonyl (C=O) groups excluding carboxylic acids is 3. The monoisotopic (exact) mass is 349 g/mol. The van der Waals surface area contributed by atoms with Crippen molar-refractivity contribution in [1.82, 2.24) is 10.6 Å². The second-order valence-electron chi connectivity index (χ2n) is 5.63. The smallest absolute Gasteiger partial charge is 0.242 e. The van der Waals surface area contributed by atoms with Crippen molar-refractivity contribution in [2.45, 2.75) is 37.6 Å². The Labute approximate surface area is 146 Å². The standard InChI is InChI=1S/C17H23N3O3S/c1-3-9-18-17(23)12(2)19-15(21)8-10-20-13-6-4-5-7-14(13)24-11-16(20)22/h4-7,12H,3,8-11H2,1-2H3,(H,18,23)(H,19,21)/t12-/m1/s1. The summed E-state index contributed by atoms with van der Waals surface area (Å²) in [6.07, 6.45) is 1.01. The summed E-state index contributed by atoms with van der Waals surface area (Å²) >= 11 is 1.51. The largest absolute Gasteiger partial charge is 0.354 e. The van der Waals surface area contributed by atoms with E-state index in [9.17, 15) is 14.4 Å². The van der Waals surface area contributed by atoms with Crippen molar-refractivity contribution < 1.29 is 14.4 Å².